The highest BCUT2D eigenvalue weighted by molar-refractivity contribution is 5.17. The van der Waals surface area contributed by atoms with Gasteiger partial charge in [0.1, 0.15) is 12.1 Å². The summed E-state index contributed by atoms with van der Waals surface area (Å²) in [6.07, 6.45) is 2.79. The van der Waals surface area contributed by atoms with Gasteiger partial charge >= 0.3 is 0 Å². The number of aromatic amines is 1. The van der Waals surface area contributed by atoms with Crippen LogP contribution in [-0.2, 0) is 19.5 Å². The fraction of sp³-hybridized carbons (Fsp3) is 0.571. The first kappa shape index (κ1) is 12.4. The van der Waals surface area contributed by atoms with Crippen LogP contribution in [0.1, 0.15) is 48.6 Å². The van der Waals surface area contributed by atoms with Crippen LogP contribution in [0.2, 0.25) is 0 Å². The van der Waals surface area contributed by atoms with E-state index in [1.807, 2.05) is 6.92 Å². The summed E-state index contributed by atoms with van der Waals surface area (Å²) in [6.45, 7) is 8.98. The zero-order chi connectivity index (χ0) is 13.4. The Kier molecular flexibility index (Phi) is 3.14. The number of nitrogens with one attached hydrogen (secondary N) is 1. The molecular weight excluding hydrogens is 240 g/mol. The van der Waals surface area contributed by atoms with E-state index < -0.39 is 0 Å². The van der Waals surface area contributed by atoms with E-state index in [1.54, 1.807) is 6.26 Å². The van der Waals surface area contributed by atoms with Crippen LogP contribution in [-0.4, -0.2) is 26.4 Å². The Labute approximate surface area is 113 Å². The largest absolute Gasteiger partial charge is 0.448 e. The van der Waals surface area contributed by atoms with Crippen molar-refractivity contribution in [1.29, 1.82) is 0 Å². The quantitative estimate of drug-likeness (QED) is 0.920. The smallest absolute Gasteiger partial charge is 0.196 e. The predicted octanol–water partition coefficient (Wildman–Crippen LogP) is 2.39. The van der Waals surface area contributed by atoms with Crippen LogP contribution >= 0.6 is 0 Å². The molecule has 0 unspecified atom stereocenters. The normalized spacial score (nSPS) is 16.0. The molecule has 0 spiro atoms. The van der Waals surface area contributed by atoms with E-state index in [1.165, 1.54) is 11.4 Å². The summed E-state index contributed by atoms with van der Waals surface area (Å²) in [7, 11) is 0. The second kappa shape index (κ2) is 4.81. The van der Waals surface area contributed by atoms with Crippen molar-refractivity contribution >= 4 is 0 Å². The molecule has 1 N–H and O–H groups in total. The van der Waals surface area contributed by atoms with E-state index in [4.69, 9.17) is 4.42 Å². The summed E-state index contributed by atoms with van der Waals surface area (Å²) in [4.78, 5) is 14.8. The summed E-state index contributed by atoms with van der Waals surface area (Å²) in [5, 5.41) is 0. The van der Waals surface area contributed by atoms with E-state index in [0.29, 0.717) is 5.92 Å². The molecule has 0 aromatic carbocycles. The Balaban J connectivity index is 1.68. The van der Waals surface area contributed by atoms with Gasteiger partial charge in [-0.3, -0.25) is 4.90 Å². The molecular formula is C14H20N4O. The first-order valence-electron chi connectivity index (χ1n) is 6.83. The maximum Gasteiger partial charge on any atom is 0.196 e. The Morgan fingerprint density at radius 3 is 3.00 bits per heavy atom. The topological polar surface area (TPSA) is 58.0 Å². The number of hydrogen-bond donors (Lipinski definition) is 1. The summed E-state index contributed by atoms with van der Waals surface area (Å²) < 4.78 is 5.48. The number of aromatic nitrogens is 3. The molecule has 3 rings (SSSR count). The number of nitrogens with zero attached hydrogens (tertiary/aromatic N) is 3. The zero-order valence-electron chi connectivity index (χ0n) is 11.7. The Hall–Kier alpha value is -1.62. The van der Waals surface area contributed by atoms with Crippen LogP contribution < -0.4 is 0 Å². The molecule has 0 amide bonds. The van der Waals surface area contributed by atoms with Crippen LogP contribution in [0.25, 0.3) is 0 Å². The molecule has 0 saturated carbocycles. The van der Waals surface area contributed by atoms with Gasteiger partial charge in [0, 0.05) is 32.0 Å². The molecule has 2 aromatic heterocycles. The number of H-pyrrole nitrogens is 1. The fourth-order valence-electron chi connectivity index (χ4n) is 2.52. The van der Waals surface area contributed by atoms with Gasteiger partial charge in [-0.2, -0.15) is 0 Å². The van der Waals surface area contributed by atoms with Crippen LogP contribution in [0.4, 0.5) is 0 Å². The molecule has 19 heavy (non-hydrogen) atoms. The molecule has 1 aliphatic rings. The lowest BCUT2D eigenvalue weighted by Crippen LogP contribution is -2.30. The van der Waals surface area contributed by atoms with Gasteiger partial charge in [-0.15, -0.1) is 0 Å². The van der Waals surface area contributed by atoms with E-state index in [2.05, 4.69) is 33.7 Å². The van der Waals surface area contributed by atoms with E-state index >= 15 is 0 Å². The lowest BCUT2D eigenvalue weighted by molar-refractivity contribution is 0.238. The molecule has 0 aliphatic carbocycles. The first-order valence-corrected chi connectivity index (χ1v) is 6.83. The fourth-order valence-corrected chi connectivity index (χ4v) is 2.52. The maximum absolute atomic E-state index is 5.48. The van der Waals surface area contributed by atoms with Gasteiger partial charge in [-0.1, -0.05) is 13.8 Å². The summed E-state index contributed by atoms with van der Waals surface area (Å²) in [5.41, 5.74) is 3.48. The lowest BCUT2D eigenvalue weighted by Gasteiger charge is -2.24. The highest BCUT2D eigenvalue weighted by Gasteiger charge is 2.20. The average molecular weight is 260 g/mol. The molecule has 0 saturated heterocycles. The van der Waals surface area contributed by atoms with Gasteiger partial charge in [-0.25, -0.2) is 9.97 Å². The summed E-state index contributed by atoms with van der Waals surface area (Å²) in [5.74, 6) is 2.18. The van der Waals surface area contributed by atoms with Crippen LogP contribution in [0.15, 0.2) is 10.7 Å². The minimum atomic E-state index is 0.344. The van der Waals surface area contributed by atoms with Crippen LogP contribution in [0.5, 0.6) is 0 Å². The van der Waals surface area contributed by atoms with E-state index in [-0.39, 0.29) is 0 Å². The standard InChI is InChI=1S/C14H20N4O/c1-9(2)14-17-11(8-19-14)6-18-5-4-12-13(7-18)16-10(3)15-12/h8-9H,4-7H2,1-3H3,(H,15,16). The van der Waals surface area contributed by atoms with Crippen molar-refractivity contribution < 1.29 is 4.42 Å². The molecule has 5 heteroatoms. The number of hydrogen-bond acceptors (Lipinski definition) is 4. The molecule has 3 heterocycles. The minimum Gasteiger partial charge on any atom is -0.448 e. The number of oxazole rings is 1. The molecule has 0 radical (unpaired) electrons. The van der Waals surface area contributed by atoms with Crippen molar-refractivity contribution in [3.8, 4) is 0 Å². The third kappa shape index (κ3) is 2.56. The summed E-state index contributed by atoms with van der Waals surface area (Å²) >= 11 is 0. The van der Waals surface area contributed by atoms with E-state index in [0.717, 1.165) is 43.5 Å². The Bertz CT molecular complexity index is 570. The van der Waals surface area contributed by atoms with E-state index in [9.17, 15) is 0 Å². The van der Waals surface area contributed by atoms with Gasteiger partial charge in [0.15, 0.2) is 5.89 Å². The van der Waals surface area contributed by atoms with Crippen molar-refractivity contribution in [3.05, 3.63) is 35.1 Å². The minimum absolute atomic E-state index is 0.344. The maximum atomic E-state index is 5.48. The monoisotopic (exact) mass is 260 g/mol. The number of fused-ring (bicyclic) bond motifs is 1. The number of rotatable bonds is 3. The summed E-state index contributed by atoms with van der Waals surface area (Å²) in [6, 6.07) is 0. The highest BCUT2D eigenvalue weighted by atomic mass is 16.3. The molecule has 5 nitrogen and oxygen atoms in total. The molecule has 0 fully saturated rings. The van der Waals surface area contributed by atoms with Gasteiger partial charge in [-0.05, 0) is 6.92 Å². The van der Waals surface area contributed by atoms with Crippen molar-refractivity contribution in [1.82, 2.24) is 19.9 Å². The third-order valence-electron chi connectivity index (χ3n) is 3.48. The lowest BCUT2D eigenvalue weighted by atomic mass is 10.1. The Morgan fingerprint density at radius 2 is 2.26 bits per heavy atom. The highest BCUT2D eigenvalue weighted by Crippen LogP contribution is 2.19. The second-order valence-corrected chi connectivity index (χ2v) is 5.54. The first-order chi connectivity index (χ1) is 9.11. The Morgan fingerprint density at radius 1 is 1.42 bits per heavy atom. The molecule has 102 valence electrons. The molecule has 0 bridgehead atoms. The van der Waals surface area contributed by atoms with Crippen LogP contribution in [0.3, 0.4) is 0 Å². The molecule has 2 aromatic rings. The molecule has 1 aliphatic heterocycles. The van der Waals surface area contributed by atoms with Gasteiger partial charge < -0.3 is 9.40 Å². The van der Waals surface area contributed by atoms with Gasteiger partial charge in [0.2, 0.25) is 0 Å². The van der Waals surface area contributed by atoms with Crippen molar-refractivity contribution in [2.75, 3.05) is 6.54 Å². The molecule has 0 atom stereocenters. The van der Waals surface area contributed by atoms with Gasteiger partial charge in [0.05, 0.1) is 17.1 Å². The number of aryl methyl sites for hydroxylation is 1. The zero-order valence-corrected chi connectivity index (χ0v) is 11.7. The van der Waals surface area contributed by atoms with Crippen molar-refractivity contribution in [3.63, 3.8) is 0 Å². The SMILES string of the molecule is Cc1nc2c([nH]1)CN(Cc1coc(C(C)C)n1)CC2. The van der Waals surface area contributed by atoms with Crippen molar-refractivity contribution in [2.45, 2.75) is 46.2 Å². The van der Waals surface area contributed by atoms with Crippen molar-refractivity contribution in [2.24, 2.45) is 0 Å². The second-order valence-electron chi connectivity index (χ2n) is 5.54. The van der Waals surface area contributed by atoms with Gasteiger partial charge in [0.25, 0.3) is 0 Å². The van der Waals surface area contributed by atoms with Crippen LogP contribution in [0, 0.1) is 6.92 Å². The predicted molar refractivity (Wildman–Crippen MR) is 71.7 cm³/mol. The third-order valence-corrected chi connectivity index (χ3v) is 3.48. The average Bonchev–Trinajstić information content (AvgIpc) is 2.94. The number of imidazole rings is 1.